The third-order valence-corrected chi connectivity index (χ3v) is 4.23. The van der Waals surface area contributed by atoms with Gasteiger partial charge < -0.3 is 25.3 Å². The zero-order chi connectivity index (χ0) is 19.5. The molecule has 28 heavy (non-hydrogen) atoms. The Bertz CT molecular complexity index is 1020. The molecule has 3 N–H and O–H groups in total. The molecule has 0 saturated heterocycles. The summed E-state index contributed by atoms with van der Waals surface area (Å²) in [5.74, 6) is 1.51. The van der Waals surface area contributed by atoms with Crippen molar-refractivity contribution in [2.75, 3.05) is 24.8 Å². The molecule has 8 heteroatoms. The third kappa shape index (κ3) is 3.52. The fourth-order valence-electron chi connectivity index (χ4n) is 2.85. The van der Waals surface area contributed by atoms with Crippen LogP contribution in [0, 0.1) is 0 Å². The predicted molar refractivity (Wildman–Crippen MR) is 103 cm³/mol. The normalized spacial score (nSPS) is 15.0. The molecular weight excluding hydrogens is 360 g/mol. The molecule has 1 aliphatic rings. The molecule has 1 unspecified atom stereocenters. The van der Waals surface area contributed by atoms with Crippen molar-refractivity contribution in [3.05, 3.63) is 54.7 Å². The lowest BCUT2D eigenvalue weighted by molar-refractivity contribution is -0.125. The Kier molecular flexibility index (Phi) is 4.67. The lowest BCUT2D eigenvalue weighted by Gasteiger charge is -2.25. The molecule has 1 aromatic heterocycles. The van der Waals surface area contributed by atoms with Crippen LogP contribution in [0.25, 0.3) is 11.3 Å². The van der Waals surface area contributed by atoms with Gasteiger partial charge in [-0.1, -0.05) is 18.2 Å². The molecule has 1 atom stereocenters. The van der Waals surface area contributed by atoms with Gasteiger partial charge in [0, 0.05) is 11.8 Å². The van der Waals surface area contributed by atoms with Crippen LogP contribution in [0.1, 0.15) is 0 Å². The Morgan fingerprint density at radius 2 is 2.04 bits per heavy atom. The first kappa shape index (κ1) is 17.6. The number of carbonyl (C=O) groups excluding carboxylic acids is 1. The summed E-state index contributed by atoms with van der Waals surface area (Å²) in [5.41, 5.74) is 7.60. The quantitative estimate of drug-likeness (QED) is 0.718. The number of anilines is 2. The van der Waals surface area contributed by atoms with E-state index in [0.717, 1.165) is 5.56 Å². The van der Waals surface area contributed by atoms with Crippen molar-refractivity contribution in [2.45, 2.75) is 6.10 Å². The number of nitrogens with zero attached hydrogens (tertiary/aromatic N) is 2. The van der Waals surface area contributed by atoms with Crippen molar-refractivity contribution in [2.24, 2.45) is 0 Å². The van der Waals surface area contributed by atoms with E-state index in [-0.39, 0.29) is 18.5 Å². The molecule has 0 fully saturated rings. The van der Waals surface area contributed by atoms with Gasteiger partial charge >= 0.3 is 0 Å². The van der Waals surface area contributed by atoms with Gasteiger partial charge in [0.2, 0.25) is 12.1 Å². The number of nitrogens with two attached hydrogens (primary N) is 1. The number of nitrogen functional groups attached to an aromatic ring is 1. The summed E-state index contributed by atoms with van der Waals surface area (Å²) >= 11 is 0. The van der Waals surface area contributed by atoms with Crippen LogP contribution in [0.2, 0.25) is 0 Å². The maximum Gasteiger partial charge on any atom is 0.269 e. The highest BCUT2D eigenvalue weighted by molar-refractivity contribution is 5.96. The number of fused-ring (bicyclic) bond motifs is 1. The average molecular weight is 378 g/mol. The van der Waals surface area contributed by atoms with Crippen LogP contribution in [-0.4, -0.2) is 35.7 Å². The molecule has 8 nitrogen and oxygen atoms in total. The topological polar surface area (TPSA) is 109 Å². The molecule has 1 amide bonds. The smallest absolute Gasteiger partial charge is 0.269 e. The van der Waals surface area contributed by atoms with Gasteiger partial charge in [0.1, 0.15) is 12.4 Å². The van der Waals surface area contributed by atoms with Crippen LogP contribution in [0.4, 0.5) is 11.6 Å². The highest BCUT2D eigenvalue weighted by Gasteiger charge is 2.28. The average Bonchev–Trinajstić information content (AvgIpc) is 2.73. The molecule has 1 aliphatic heterocycles. The zero-order valence-corrected chi connectivity index (χ0v) is 15.1. The first-order chi connectivity index (χ1) is 13.6. The van der Waals surface area contributed by atoms with E-state index in [0.29, 0.717) is 28.6 Å². The van der Waals surface area contributed by atoms with Gasteiger partial charge in [0.25, 0.3) is 5.91 Å². The van der Waals surface area contributed by atoms with Gasteiger partial charge in [-0.3, -0.25) is 4.79 Å². The van der Waals surface area contributed by atoms with Crippen molar-refractivity contribution in [1.82, 2.24) is 9.97 Å². The van der Waals surface area contributed by atoms with Gasteiger partial charge in [0.15, 0.2) is 11.5 Å². The van der Waals surface area contributed by atoms with Crippen molar-refractivity contribution in [3.63, 3.8) is 0 Å². The highest BCUT2D eigenvalue weighted by Crippen LogP contribution is 2.33. The molecule has 0 saturated carbocycles. The molecule has 2 heterocycles. The van der Waals surface area contributed by atoms with Crippen molar-refractivity contribution < 1.29 is 19.0 Å². The fourth-order valence-corrected chi connectivity index (χ4v) is 2.85. The van der Waals surface area contributed by atoms with Crippen molar-refractivity contribution in [3.8, 4) is 28.5 Å². The molecule has 142 valence electrons. The SMILES string of the molecule is COc1cc(-c2ccnc(N)n2)ccc1NC(=O)C1COc2ccccc2O1. The van der Waals surface area contributed by atoms with Crippen LogP contribution in [0.3, 0.4) is 0 Å². The number of para-hydroxylation sites is 2. The van der Waals surface area contributed by atoms with Gasteiger partial charge in [-0.25, -0.2) is 9.97 Å². The summed E-state index contributed by atoms with van der Waals surface area (Å²) in [5, 5.41) is 2.83. The second-order valence-corrected chi connectivity index (χ2v) is 6.07. The molecule has 3 aromatic rings. The lowest BCUT2D eigenvalue weighted by Crippen LogP contribution is -2.40. The van der Waals surface area contributed by atoms with E-state index in [2.05, 4.69) is 15.3 Å². The van der Waals surface area contributed by atoms with Crippen molar-refractivity contribution >= 4 is 17.5 Å². The van der Waals surface area contributed by atoms with Crippen LogP contribution >= 0.6 is 0 Å². The molecular formula is C20H18N4O4. The van der Waals surface area contributed by atoms with E-state index in [1.807, 2.05) is 18.2 Å². The molecule has 0 radical (unpaired) electrons. The summed E-state index contributed by atoms with van der Waals surface area (Å²) in [6.07, 6.45) is 0.818. The van der Waals surface area contributed by atoms with Crippen LogP contribution in [0.5, 0.6) is 17.2 Å². The number of methoxy groups -OCH3 is 1. The third-order valence-electron chi connectivity index (χ3n) is 4.23. The Balaban J connectivity index is 1.52. The highest BCUT2D eigenvalue weighted by atomic mass is 16.6. The zero-order valence-electron chi connectivity index (χ0n) is 15.1. The number of hydrogen-bond acceptors (Lipinski definition) is 7. The largest absolute Gasteiger partial charge is 0.495 e. The molecule has 0 spiro atoms. The second-order valence-electron chi connectivity index (χ2n) is 6.07. The van der Waals surface area contributed by atoms with E-state index in [9.17, 15) is 4.79 Å². The second kappa shape index (κ2) is 7.43. The molecule has 2 aromatic carbocycles. The minimum absolute atomic E-state index is 0.128. The number of ether oxygens (including phenoxy) is 3. The standard InChI is InChI=1S/C20H18N4O4/c1-26-17-10-12(13-8-9-22-20(21)24-13)6-7-14(17)23-19(25)18-11-27-15-4-2-3-5-16(15)28-18/h2-10,18H,11H2,1H3,(H,23,25)(H2,21,22,24). The maximum absolute atomic E-state index is 12.6. The molecule has 4 rings (SSSR count). The Labute approximate surface area is 161 Å². The minimum atomic E-state index is -0.763. The Hall–Kier alpha value is -3.81. The number of aromatic nitrogens is 2. The summed E-state index contributed by atoms with van der Waals surface area (Å²) in [7, 11) is 1.53. The molecule has 0 aliphatic carbocycles. The minimum Gasteiger partial charge on any atom is -0.495 e. The summed E-state index contributed by atoms with van der Waals surface area (Å²) in [6, 6.07) is 14.3. The maximum atomic E-state index is 12.6. The van der Waals surface area contributed by atoms with E-state index >= 15 is 0 Å². The predicted octanol–water partition coefficient (Wildman–Crippen LogP) is 2.51. The van der Waals surface area contributed by atoms with Gasteiger partial charge in [-0.2, -0.15) is 0 Å². The lowest BCUT2D eigenvalue weighted by atomic mass is 10.1. The molecule has 0 bridgehead atoms. The van der Waals surface area contributed by atoms with Crippen LogP contribution in [-0.2, 0) is 4.79 Å². The van der Waals surface area contributed by atoms with Crippen LogP contribution < -0.4 is 25.3 Å². The first-order valence-electron chi connectivity index (χ1n) is 8.60. The summed E-state index contributed by atoms with van der Waals surface area (Å²) < 4.78 is 16.8. The Morgan fingerprint density at radius 1 is 1.21 bits per heavy atom. The van der Waals surface area contributed by atoms with Crippen molar-refractivity contribution in [1.29, 1.82) is 0 Å². The fraction of sp³-hybridized carbons (Fsp3) is 0.150. The number of rotatable bonds is 4. The van der Waals surface area contributed by atoms with E-state index in [1.54, 1.807) is 36.5 Å². The van der Waals surface area contributed by atoms with E-state index < -0.39 is 6.10 Å². The van der Waals surface area contributed by atoms with Gasteiger partial charge in [0.05, 0.1) is 18.5 Å². The van der Waals surface area contributed by atoms with Crippen LogP contribution in [0.15, 0.2) is 54.7 Å². The number of amides is 1. The Morgan fingerprint density at radius 3 is 2.82 bits per heavy atom. The number of carbonyl (C=O) groups is 1. The number of nitrogens with one attached hydrogen (secondary N) is 1. The van der Waals surface area contributed by atoms with Gasteiger partial charge in [-0.15, -0.1) is 0 Å². The number of benzene rings is 2. The van der Waals surface area contributed by atoms with E-state index in [1.165, 1.54) is 7.11 Å². The first-order valence-corrected chi connectivity index (χ1v) is 8.60. The number of hydrogen-bond donors (Lipinski definition) is 2. The monoisotopic (exact) mass is 378 g/mol. The summed E-state index contributed by atoms with van der Waals surface area (Å²) in [4.78, 5) is 20.7. The van der Waals surface area contributed by atoms with Gasteiger partial charge in [-0.05, 0) is 30.3 Å². The van der Waals surface area contributed by atoms with E-state index in [4.69, 9.17) is 19.9 Å². The summed E-state index contributed by atoms with van der Waals surface area (Å²) in [6.45, 7) is 0.128.